The predicted octanol–water partition coefficient (Wildman–Crippen LogP) is 5.15. The zero-order valence-electron chi connectivity index (χ0n) is 13.9. The highest BCUT2D eigenvalue weighted by atomic mass is 14.6. The number of hydrogen-bond acceptors (Lipinski definition) is 1. The molecule has 0 heterocycles. The summed E-state index contributed by atoms with van der Waals surface area (Å²) in [4.78, 5) is 0. The van der Waals surface area contributed by atoms with Gasteiger partial charge in [-0.3, -0.25) is 0 Å². The third-order valence-corrected chi connectivity index (χ3v) is 5.36. The van der Waals surface area contributed by atoms with Gasteiger partial charge in [0.25, 0.3) is 0 Å². The summed E-state index contributed by atoms with van der Waals surface area (Å²) in [5.41, 5.74) is 10.8. The van der Waals surface area contributed by atoms with Crippen LogP contribution in [0.5, 0.6) is 0 Å². The SMILES string of the molecule is CCCCc1cc2ccccc2c2ccc3c(c12)CCC(N)C3. The first-order valence-corrected chi connectivity index (χ1v) is 8.98. The van der Waals surface area contributed by atoms with E-state index in [1.54, 1.807) is 5.56 Å². The van der Waals surface area contributed by atoms with E-state index in [1.807, 2.05) is 0 Å². The summed E-state index contributed by atoms with van der Waals surface area (Å²) in [5, 5.41) is 5.73. The van der Waals surface area contributed by atoms with Crippen molar-refractivity contribution in [3.05, 3.63) is 59.2 Å². The Morgan fingerprint density at radius 1 is 1.09 bits per heavy atom. The normalized spacial score (nSPS) is 17.6. The maximum Gasteiger partial charge on any atom is 0.00825 e. The summed E-state index contributed by atoms with van der Waals surface area (Å²) in [5.74, 6) is 0. The minimum absolute atomic E-state index is 0.333. The molecule has 0 fully saturated rings. The summed E-state index contributed by atoms with van der Waals surface area (Å²) in [7, 11) is 0. The second kappa shape index (κ2) is 5.98. The standard InChI is InChI=1S/C22H25N/c1-2-3-6-17-13-15-7-4-5-8-19(15)21-11-9-16-14-18(23)10-12-20(16)22(17)21/h4-5,7-9,11,13,18H,2-3,6,10,12,14,23H2,1H3. The first kappa shape index (κ1) is 14.7. The van der Waals surface area contributed by atoms with E-state index in [1.165, 1.54) is 51.9 Å². The molecule has 23 heavy (non-hydrogen) atoms. The van der Waals surface area contributed by atoms with Crippen LogP contribution in [-0.2, 0) is 19.3 Å². The Balaban J connectivity index is 2.04. The second-order valence-corrected chi connectivity index (χ2v) is 6.99. The first-order chi connectivity index (χ1) is 11.3. The molecule has 1 aliphatic carbocycles. The van der Waals surface area contributed by atoms with E-state index in [2.05, 4.69) is 49.4 Å². The van der Waals surface area contributed by atoms with Gasteiger partial charge in [-0.25, -0.2) is 0 Å². The highest BCUT2D eigenvalue weighted by Gasteiger charge is 2.20. The average molecular weight is 303 g/mol. The number of rotatable bonds is 3. The molecule has 118 valence electrons. The van der Waals surface area contributed by atoms with Crippen molar-refractivity contribution in [2.45, 2.75) is 51.5 Å². The number of benzene rings is 3. The molecular weight excluding hydrogens is 278 g/mol. The lowest BCUT2D eigenvalue weighted by atomic mass is 9.82. The van der Waals surface area contributed by atoms with E-state index in [-0.39, 0.29) is 0 Å². The van der Waals surface area contributed by atoms with Gasteiger partial charge in [0.1, 0.15) is 0 Å². The lowest BCUT2D eigenvalue weighted by Crippen LogP contribution is -2.28. The number of nitrogens with two attached hydrogens (primary N) is 1. The van der Waals surface area contributed by atoms with Gasteiger partial charge < -0.3 is 5.73 Å². The number of fused-ring (bicyclic) bond motifs is 5. The highest BCUT2D eigenvalue weighted by molar-refractivity contribution is 6.10. The van der Waals surface area contributed by atoms with E-state index in [0.29, 0.717) is 6.04 Å². The van der Waals surface area contributed by atoms with E-state index < -0.39 is 0 Å². The highest BCUT2D eigenvalue weighted by Crippen LogP contribution is 2.36. The van der Waals surface area contributed by atoms with Crippen molar-refractivity contribution >= 4 is 21.5 Å². The van der Waals surface area contributed by atoms with E-state index in [0.717, 1.165) is 19.3 Å². The lowest BCUT2D eigenvalue weighted by molar-refractivity contribution is 0.579. The molecule has 1 aliphatic rings. The van der Waals surface area contributed by atoms with Gasteiger partial charge in [-0.05, 0) is 70.3 Å². The Hall–Kier alpha value is -1.86. The van der Waals surface area contributed by atoms with Gasteiger partial charge in [0.2, 0.25) is 0 Å². The van der Waals surface area contributed by atoms with Crippen molar-refractivity contribution in [2.24, 2.45) is 5.73 Å². The zero-order valence-corrected chi connectivity index (χ0v) is 13.9. The second-order valence-electron chi connectivity index (χ2n) is 6.99. The third kappa shape index (κ3) is 2.53. The predicted molar refractivity (Wildman–Crippen MR) is 100 cm³/mol. The van der Waals surface area contributed by atoms with Crippen LogP contribution in [0, 0.1) is 0 Å². The smallest absolute Gasteiger partial charge is 0.00825 e. The molecule has 0 saturated carbocycles. The summed E-state index contributed by atoms with van der Waals surface area (Å²) in [6, 6.07) is 16.2. The summed E-state index contributed by atoms with van der Waals surface area (Å²) < 4.78 is 0. The minimum atomic E-state index is 0.333. The number of unbranched alkanes of at least 4 members (excludes halogenated alkanes) is 1. The molecule has 2 N–H and O–H groups in total. The van der Waals surface area contributed by atoms with Crippen LogP contribution in [0.15, 0.2) is 42.5 Å². The summed E-state index contributed by atoms with van der Waals surface area (Å²) in [6.07, 6.45) is 6.97. The van der Waals surface area contributed by atoms with Gasteiger partial charge in [-0.2, -0.15) is 0 Å². The van der Waals surface area contributed by atoms with Crippen LogP contribution in [0.4, 0.5) is 0 Å². The molecule has 0 bridgehead atoms. The van der Waals surface area contributed by atoms with Crippen molar-refractivity contribution < 1.29 is 0 Å². The molecule has 1 unspecified atom stereocenters. The van der Waals surface area contributed by atoms with Crippen molar-refractivity contribution in [2.75, 3.05) is 0 Å². The number of hydrogen-bond donors (Lipinski definition) is 1. The lowest BCUT2D eigenvalue weighted by Gasteiger charge is -2.25. The van der Waals surface area contributed by atoms with E-state index in [4.69, 9.17) is 5.73 Å². The summed E-state index contributed by atoms with van der Waals surface area (Å²) >= 11 is 0. The van der Waals surface area contributed by atoms with E-state index >= 15 is 0 Å². The maximum atomic E-state index is 6.20. The monoisotopic (exact) mass is 303 g/mol. The Morgan fingerprint density at radius 3 is 2.83 bits per heavy atom. The molecule has 0 aromatic heterocycles. The minimum Gasteiger partial charge on any atom is -0.327 e. The molecule has 3 aromatic rings. The fourth-order valence-corrected chi connectivity index (χ4v) is 4.17. The van der Waals surface area contributed by atoms with Gasteiger partial charge >= 0.3 is 0 Å². The average Bonchev–Trinajstić information content (AvgIpc) is 2.58. The van der Waals surface area contributed by atoms with Gasteiger partial charge in [0, 0.05) is 6.04 Å². The Morgan fingerprint density at radius 2 is 1.96 bits per heavy atom. The fourth-order valence-electron chi connectivity index (χ4n) is 4.17. The topological polar surface area (TPSA) is 26.0 Å². The molecule has 1 heteroatoms. The summed E-state index contributed by atoms with van der Waals surface area (Å²) in [6.45, 7) is 2.28. The van der Waals surface area contributed by atoms with Crippen molar-refractivity contribution in [3.63, 3.8) is 0 Å². The van der Waals surface area contributed by atoms with Crippen LogP contribution in [0.25, 0.3) is 21.5 Å². The number of aryl methyl sites for hydroxylation is 2. The Bertz CT molecular complexity index is 863. The maximum absolute atomic E-state index is 6.20. The van der Waals surface area contributed by atoms with Gasteiger partial charge in [0.15, 0.2) is 0 Å². The van der Waals surface area contributed by atoms with Gasteiger partial charge in [-0.15, -0.1) is 0 Å². The van der Waals surface area contributed by atoms with Crippen LogP contribution >= 0.6 is 0 Å². The largest absolute Gasteiger partial charge is 0.327 e. The van der Waals surface area contributed by atoms with Crippen molar-refractivity contribution in [3.8, 4) is 0 Å². The van der Waals surface area contributed by atoms with Crippen LogP contribution in [0.1, 0.15) is 42.9 Å². The molecule has 1 nitrogen and oxygen atoms in total. The molecule has 0 amide bonds. The molecule has 4 rings (SSSR count). The molecular formula is C22H25N. The van der Waals surface area contributed by atoms with Gasteiger partial charge in [0.05, 0.1) is 0 Å². The first-order valence-electron chi connectivity index (χ1n) is 8.98. The van der Waals surface area contributed by atoms with Crippen LogP contribution < -0.4 is 5.73 Å². The molecule has 0 aliphatic heterocycles. The van der Waals surface area contributed by atoms with Crippen molar-refractivity contribution in [1.29, 1.82) is 0 Å². The quantitative estimate of drug-likeness (QED) is 0.665. The molecule has 3 aromatic carbocycles. The fraction of sp³-hybridized carbons (Fsp3) is 0.364. The van der Waals surface area contributed by atoms with Gasteiger partial charge in [-0.1, -0.05) is 55.8 Å². The third-order valence-electron chi connectivity index (χ3n) is 5.36. The van der Waals surface area contributed by atoms with E-state index in [9.17, 15) is 0 Å². The Kier molecular flexibility index (Phi) is 3.82. The molecule has 0 saturated heterocycles. The van der Waals surface area contributed by atoms with Crippen LogP contribution in [0.2, 0.25) is 0 Å². The Labute approximate surface area is 138 Å². The van der Waals surface area contributed by atoms with Crippen LogP contribution in [-0.4, -0.2) is 6.04 Å². The molecule has 0 radical (unpaired) electrons. The molecule has 1 atom stereocenters. The molecule has 0 spiro atoms. The van der Waals surface area contributed by atoms with Crippen LogP contribution in [0.3, 0.4) is 0 Å². The van der Waals surface area contributed by atoms with Crippen molar-refractivity contribution in [1.82, 2.24) is 0 Å². The zero-order chi connectivity index (χ0) is 15.8.